The monoisotopic (exact) mass is 347 g/mol. The predicted molar refractivity (Wildman–Crippen MR) is 97.6 cm³/mol. The van der Waals surface area contributed by atoms with Gasteiger partial charge in [0, 0.05) is 24.6 Å². The molecular weight excluding hydrogens is 320 g/mol. The van der Waals surface area contributed by atoms with Crippen molar-refractivity contribution in [1.82, 2.24) is 5.06 Å². The number of benzene rings is 2. The summed E-state index contributed by atoms with van der Waals surface area (Å²) in [5.41, 5.74) is 3.55. The highest BCUT2D eigenvalue weighted by atomic mass is 19.1. The van der Waals surface area contributed by atoms with Crippen LogP contribution in [0, 0.1) is 25.5 Å². The van der Waals surface area contributed by atoms with E-state index in [-0.39, 0.29) is 11.5 Å². The van der Waals surface area contributed by atoms with Crippen molar-refractivity contribution in [2.45, 2.75) is 39.5 Å². The third-order valence-electron chi connectivity index (χ3n) is 4.62. The molecule has 25 heavy (non-hydrogen) atoms. The van der Waals surface area contributed by atoms with Crippen molar-refractivity contribution in [2.24, 2.45) is 0 Å². The highest BCUT2D eigenvalue weighted by molar-refractivity contribution is 5.38. The van der Waals surface area contributed by atoms with Gasteiger partial charge in [0.05, 0.1) is 7.11 Å². The zero-order chi connectivity index (χ0) is 18.4. The Balaban J connectivity index is 2.42. The van der Waals surface area contributed by atoms with E-state index in [9.17, 15) is 8.78 Å². The number of aryl methyl sites for hydroxylation is 2. The van der Waals surface area contributed by atoms with Crippen molar-refractivity contribution in [3.8, 4) is 0 Å². The van der Waals surface area contributed by atoms with Gasteiger partial charge in [0.2, 0.25) is 0 Å². The average molecular weight is 347 g/mol. The third kappa shape index (κ3) is 4.86. The molecule has 2 rings (SSSR count). The first-order valence-electron chi connectivity index (χ1n) is 8.76. The molecule has 136 valence electrons. The minimum absolute atomic E-state index is 0.0564. The standard InChI is InChI=1S/C21H27F2NO/c1-5-12-24(25-4)14-17(21-15(2)8-6-9-16(21)3)13-18-19(22)10-7-11-20(18)23/h6-11,17H,5,12-14H2,1-4H3. The molecule has 0 N–H and O–H groups in total. The molecule has 0 aliphatic heterocycles. The number of rotatable bonds is 8. The molecule has 1 unspecified atom stereocenters. The maximum Gasteiger partial charge on any atom is 0.129 e. The molecule has 0 amide bonds. The van der Waals surface area contributed by atoms with Crippen LogP contribution >= 0.6 is 0 Å². The van der Waals surface area contributed by atoms with Crippen LogP contribution in [-0.4, -0.2) is 25.3 Å². The number of nitrogens with zero attached hydrogens (tertiary/aromatic N) is 1. The molecule has 0 saturated carbocycles. The van der Waals surface area contributed by atoms with Crippen molar-refractivity contribution >= 4 is 0 Å². The van der Waals surface area contributed by atoms with E-state index >= 15 is 0 Å². The molecule has 0 bridgehead atoms. The van der Waals surface area contributed by atoms with Gasteiger partial charge >= 0.3 is 0 Å². The number of hydroxylamine groups is 2. The van der Waals surface area contributed by atoms with Gasteiger partial charge in [0.15, 0.2) is 0 Å². The Bertz CT molecular complexity index is 662. The van der Waals surface area contributed by atoms with Crippen molar-refractivity contribution in [1.29, 1.82) is 0 Å². The van der Waals surface area contributed by atoms with Gasteiger partial charge in [-0.05, 0) is 55.5 Å². The SMILES string of the molecule is CCCN(CC(Cc1c(F)cccc1F)c1c(C)cccc1C)OC. The lowest BCUT2D eigenvalue weighted by Crippen LogP contribution is -2.30. The third-order valence-corrected chi connectivity index (χ3v) is 4.62. The van der Waals surface area contributed by atoms with E-state index in [1.54, 1.807) is 7.11 Å². The fraction of sp³-hybridized carbons (Fsp3) is 0.429. The Morgan fingerprint density at radius 2 is 1.56 bits per heavy atom. The number of halogens is 2. The average Bonchev–Trinajstić information content (AvgIpc) is 2.57. The molecule has 0 fully saturated rings. The zero-order valence-corrected chi connectivity index (χ0v) is 15.5. The molecule has 2 aromatic carbocycles. The Morgan fingerprint density at radius 3 is 2.08 bits per heavy atom. The summed E-state index contributed by atoms with van der Waals surface area (Å²) in [5.74, 6) is -1.04. The molecular formula is C21H27F2NO. The molecule has 4 heteroatoms. The lowest BCUT2D eigenvalue weighted by Gasteiger charge is -2.28. The predicted octanol–water partition coefficient (Wildman–Crippen LogP) is 5.18. The molecule has 1 atom stereocenters. The first-order chi connectivity index (χ1) is 12.0. The summed E-state index contributed by atoms with van der Waals surface area (Å²) >= 11 is 0. The molecule has 0 spiro atoms. The summed E-state index contributed by atoms with van der Waals surface area (Å²) in [6, 6.07) is 10.1. The lowest BCUT2D eigenvalue weighted by molar-refractivity contribution is -0.134. The van der Waals surface area contributed by atoms with Crippen molar-refractivity contribution in [3.05, 3.63) is 70.3 Å². The summed E-state index contributed by atoms with van der Waals surface area (Å²) in [7, 11) is 1.64. The highest BCUT2D eigenvalue weighted by Gasteiger charge is 2.23. The molecule has 0 saturated heterocycles. The largest absolute Gasteiger partial charge is 0.302 e. The summed E-state index contributed by atoms with van der Waals surface area (Å²) in [6.45, 7) is 7.53. The summed E-state index contributed by atoms with van der Waals surface area (Å²) in [4.78, 5) is 5.47. The fourth-order valence-electron chi connectivity index (χ4n) is 3.46. The zero-order valence-electron chi connectivity index (χ0n) is 15.5. The molecule has 0 heterocycles. The molecule has 0 radical (unpaired) electrons. The lowest BCUT2D eigenvalue weighted by atomic mass is 9.85. The van der Waals surface area contributed by atoms with Crippen molar-refractivity contribution in [3.63, 3.8) is 0 Å². The van der Waals surface area contributed by atoms with Gasteiger partial charge < -0.3 is 4.84 Å². The second kappa shape index (κ2) is 9.07. The summed E-state index contributed by atoms with van der Waals surface area (Å²) in [5, 5.41) is 1.87. The number of hydrogen-bond acceptors (Lipinski definition) is 2. The van der Waals surface area contributed by atoms with Crippen LogP contribution in [-0.2, 0) is 11.3 Å². The van der Waals surface area contributed by atoms with Crippen LogP contribution in [0.25, 0.3) is 0 Å². The topological polar surface area (TPSA) is 12.5 Å². The van der Waals surface area contributed by atoms with Crippen LogP contribution < -0.4 is 0 Å². The van der Waals surface area contributed by atoms with Gasteiger partial charge in [-0.25, -0.2) is 8.78 Å². The highest BCUT2D eigenvalue weighted by Crippen LogP contribution is 2.30. The quantitative estimate of drug-likeness (QED) is 0.610. The molecule has 2 aromatic rings. The maximum atomic E-state index is 14.2. The van der Waals surface area contributed by atoms with E-state index in [0.717, 1.165) is 29.7 Å². The fourth-order valence-corrected chi connectivity index (χ4v) is 3.46. The van der Waals surface area contributed by atoms with E-state index in [2.05, 4.69) is 6.92 Å². The Kier molecular flexibility index (Phi) is 7.09. The van der Waals surface area contributed by atoms with E-state index in [1.807, 2.05) is 37.1 Å². The van der Waals surface area contributed by atoms with Crippen LogP contribution in [0.2, 0.25) is 0 Å². The molecule has 2 nitrogen and oxygen atoms in total. The van der Waals surface area contributed by atoms with E-state index in [4.69, 9.17) is 4.84 Å². The minimum Gasteiger partial charge on any atom is -0.302 e. The first-order valence-corrected chi connectivity index (χ1v) is 8.76. The first kappa shape index (κ1) is 19.5. The summed E-state index contributed by atoms with van der Waals surface area (Å²) < 4.78 is 28.4. The van der Waals surface area contributed by atoms with Crippen LogP contribution in [0.4, 0.5) is 8.78 Å². The van der Waals surface area contributed by atoms with Crippen LogP contribution in [0.3, 0.4) is 0 Å². The minimum atomic E-state index is -0.490. The van der Waals surface area contributed by atoms with Crippen molar-refractivity contribution in [2.75, 3.05) is 20.2 Å². The van der Waals surface area contributed by atoms with Crippen LogP contribution in [0.5, 0.6) is 0 Å². The molecule has 0 aliphatic carbocycles. The maximum absolute atomic E-state index is 14.2. The van der Waals surface area contributed by atoms with E-state index in [1.165, 1.54) is 18.2 Å². The van der Waals surface area contributed by atoms with Crippen LogP contribution in [0.15, 0.2) is 36.4 Å². The Morgan fingerprint density at radius 1 is 1.00 bits per heavy atom. The normalized spacial score (nSPS) is 12.6. The number of hydrogen-bond donors (Lipinski definition) is 0. The van der Waals surface area contributed by atoms with Gasteiger partial charge in [-0.15, -0.1) is 0 Å². The smallest absolute Gasteiger partial charge is 0.129 e. The van der Waals surface area contributed by atoms with E-state index in [0.29, 0.717) is 13.0 Å². The van der Waals surface area contributed by atoms with E-state index < -0.39 is 11.6 Å². The second-order valence-electron chi connectivity index (χ2n) is 6.48. The Hall–Kier alpha value is -1.78. The second-order valence-corrected chi connectivity index (χ2v) is 6.48. The molecule has 0 aliphatic rings. The van der Waals surface area contributed by atoms with Crippen molar-refractivity contribution < 1.29 is 13.6 Å². The van der Waals surface area contributed by atoms with Gasteiger partial charge in [0.1, 0.15) is 11.6 Å². The van der Waals surface area contributed by atoms with Gasteiger partial charge in [0.25, 0.3) is 0 Å². The van der Waals surface area contributed by atoms with Gasteiger partial charge in [-0.3, -0.25) is 0 Å². The Labute approximate surface area is 149 Å². The molecule has 0 aromatic heterocycles. The van der Waals surface area contributed by atoms with Gasteiger partial charge in [-0.2, -0.15) is 5.06 Å². The van der Waals surface area contributed by atoms with Gasteiger partial charge in [-0.1, -0.05) is 31.2 Å². The van der Waals surface area contributed by atoms with Crippen LogP contribution in [0.1, 0.15) is 41.5 Å². The summed E-state index contributed by atoms with van der Waals surface area (Å²) in [6.07, 6.45) is 1.25.